The largest absolute Gasteiger partial charge is 0.371 e. The van der Waals surface area contributed by atoms with Gasteiger partial charge in [-0.25, -0.2) is 0 Å². The van der Waals surface area contributed by atoms with Crippen molar-refractivity contribution < 1.29 is 0 Å². The zero-order valence-corrected chi connectivity index (χ0v) is 17.9. The van der Waals surface area contributed by atoms with E-state index in [-0.39, 0.29) is 0 Å². The fourth-order valence-corrected chi connectivity index (χ4v) is 3.92. The molecule has 1 saturated heterocycles. The monoisotopic (exact) mass is 373 g/mol. The summed E-state index contributed by atoms with van der Waals surface area (Å²) >= 11 is 0. The summed E-state index contributed by atoms with van der Waals surface area (Å²) in [6.45, 7) is 14.4. The van der Waals surface area contributed by atoms with Gasteiger partial charge in [-0.05, 0) is 58.6 Å². The summed E-state index contributed by atoms with van der Waals surface area (Å²) in [5, 5.41) is 6.98. The van der Waals surface area contributed by atoms with Gasteiger partial charge in [0.2, 0.25) is 0 Å². The number of hydrogen-bond donors (Lipinski definition) is 2. The Morgan fingerprint density at radius 3 is 2.48 bits per heavy atom. The Labute approximate surface area is 166 Å². The van der Waals surface area contributed by atoms with Crippen molar-refractivity contribution >= 4 is 11.6 Å². The SMILES string of the molecule is CN=C(NCCCN(C(C)C)C(C)C)NCC1CCN(c2ccccc2)C1. The molecule has 2 rings (SSSR count). The maximum atomic E-state index is 4.38. The number of nitrogens with zero attached hydrogens (tertiary/aromatic N) is 3. The molecule has 2 N–H and O–H groups in total. The third-order valence-electron chi connectivity index (χ3n) is 5.40. The zero-order chi connectivity index (χ0) is 19.6. The van der Waals surface area contributed by atoms with Crippen LogP contribution in [0.25, 0.3) is 0 Å². The van der Waals surface area contributed by atoms with Crippen LogP contribution in [-0.2, 0) is 0 Å². The second kappa shape index (κ2) is 11.2. The van der Waals surface area contributed by atoms with E-state index in [1.54, 1.807) is 0 Å². The van der Waals surface area contributed by atoms with Crippen LogP contribution in [-0.4, -0.2) is 62.7 Å². The predicted octanol–water partition coefficient (Wildman–Crippen LogP) is 3.19. The van der Waals surface area contributed by atoms with Crippen molar-refractivity contribution in [2.24, 2.45) is 10.9 Å². The molecule has 0 aliphatic carbocycles. The first-order chi connectivity index (χ1) is 13.0. The predicted molar refractivity (Wildman–Crippen MR) is 118 cm³/mol. The summed E-state index contributed by atoms with van der Waals surface area (Å²) in [5.74, 6) is 1.59. The molecule has 0 saturated carbocycles. The molecule has 5 nitrogen and oxygen atoms in total. The molecule has 1 unspecified atom stereocenters. The smallest absolute Gasteiger partial charge is 0.190 e. The molecular weight excluding hydrogens is 334 g/mol. The van der Waals surface area contributed by atoms with E-state index in [9.17, 15) is 0 Å². The van der Waals surface area contributed by atoms with Crippen LogP contribution in [0.2, 0.25) is 0 Å². The molecule has 152 valence electrons. The zero-order valence-electron chi connectivity index (χ0n) is 17.9. The van der Waals surface area contributed by atoms with Crippen LogP contribution in [0.1, 0.15) is 40.5 Å². The molecule has 0 aromatic heterocycles. The van der Waals surface area contributed by atoms with Gasteiger partial charge < -0.3 is 15.5 Å². The Kier molecular flexibility index (Phi) is 8.92. The fourth-order valence-electron chi connectivity index (χ4n) is 3.92. The fraction of sp³-hybridized carbons (Fsp3) is 0.682. The van der Waals surface area contributed by atoms with Gasteiger partial charge in [-0.15, -0.1) is 0 Å². The summed E-state index contributed by atoms with van der Waals surface area (Å²) in [4.78, 5) is 9.40. The summed E-state index contributed by atoms with van der Waals surface area (Å²) in [6.07, 6.45) is 2.36. The molecule has 1 aromatic carbocycles. The van der Waals surface area contributed by atoms with Crippen molar-refractivity contribution in [1.29, 1.82) is 0 Å². The van der Waals surface area contributed by atoms with Gasteiger partial charge in [-0.1, -0.05) is 18.2 Å². The standard InChI is InChI=1S/C22H39N5/c1-18(2)27(19(3)4)14-9-13-24-22(23-5)25-16-20-12-15-26(17-20)21-10-7-6-8-11-21/h6-8,10-11,18-20H,9,12-17H2,1-5H3,(H2,23,24,25). The maximum Gasteiger partial charge on any atom is 0.190 e. The summed E-state index contributed by atoms with van der Waals surface area (Å²) < 4.78 is 0. The van der Waals surface area contributed by atoms with Crippen molar-refractivity contribution in [3.63, 3.8) is 0 Å². The minimum atomic E-state index is 0.595. The number of benzene rings is 1. The van der Waals surface area contributed by atoms with Crippen molar-refractivity contribution in [2.45, 2.75) is 52.6 Å². The minimum absolute atomic E-state index is 0.595. The summed E-state index contributed by atoms with van der Waals surface area (Å²) in [5.41, 5.74) is 1.34. The number of anilines is 1. The molecule has 1 aliphatic heterocycles. The molecule has 1 heterocycles. The summed E-state index contributed by atoms with van der Waals surface area (Å²) in [7, 11) is 1.86. The molecule has 1 atom stereocenters. The second-order valence-corrected chi connectivity index (χ2v) is 8.10. The van der Waals surface area contributed by atoms with Crippen molar-refractivity contribution in [3.8, 4) is 0 Å². The Bertz CT molecular complexity index is 547. The molecular formula is C22H39N5. The number of hydrogen-bond acceptors (Lipinski definition) is 3. The minimum Gasteiger partial charge on any atom is -0.371 e. The molecule has 1 fully saturated rings. The van der Waals surface area contributed by atoms with Gasteiger partial charge in [0, 0.05) is 57.5 Å². The van der Waals surface area contributed by atoms with Crippen molar-refractivity contribution in [2.75, 3.05) is 44.7 Å². The lowest BCUT2D eigenvalue weighted by Gasteiger charge is -2.30. The third-order valence-corrected chi connectivity index (χ3v) is 5.40. The first kappa shape index (κ1) is 21.5. The second-order valence-electron chi connectivity index (χ2n) is 8.10. The lowest BCUT2D eigenvalue weighted by molar-refractivity contribution is 0.173. The van der Waals surface area contributed by atoms with E-state index in [1.165, 1.54) is 12.1 Å². The van der Waals surface area contributed by atoms with Crippen LogP contribution in [0.4, 0.5) is 5.69 Å². The Balaban J connectivity index is 1.66. The number of para-hydroxylation sites is 1. The molecule has 1 aliphatic rings. The molecule has 0 spiro atoms. The highest BCUT2D eigenvalue weighted by Crippen LogP contribution is 2.22. The van der Waals surface area contributed by atoms with Crippen molar-refractivity contribution in [3.05, 3.63) is 30.3 Å². The number of guanidine groups is 1. The maximum absolute atomic E-state index is 4.38. The van der Waals surface area contributed by atoms with Gasteiger partial charge in [0.25, 0.3) is 0 Å². The van der Waals surface area contributed by atoms with Crippen LogP contribution in [0.3, 0.4) is 0 Å². The van der Waals surface area contributed by atoms with Gasteiger partial charge in [-0.3, -0.25) is 9.89 Å². The number of nitrogens with one attached hydrogen (secondary N) is 2. The van der Waals surface area contributed by atoms with Crippen LogP contribution in [0.15, 0.2) is 35.3 Å². The van der Waals surface area contributed by atoms with E-state index >= 15 is 0 Å². The quantitative estimate of drug-likeness (QED) is 0.396. The van der Waals surface area contributed by atoms with Gasteiger partial charge >= 0.3 is 0 Å². The molecule has 0 radical (unpaired) electrons. The Hall–Kier alpha value is -1.75. The highest BCUT2D eigenvalue weighted by Gasteiger charge is 2.22. The van der Waals surface area contributed by atoms with E-state index in [4.69, 9.17) is 0 Å². The van der Waals surface area contributed by atoms with Crippen LogP contribution in [0.5, 0.6) is 0 Å². The van der Waals surface area contributed by atoms with E-state index in [1.807, 2.05) is 7.05 Å². The van der Waals surface area contributed by atoms with Gasteiger partial charge in [0.1, 0.15) is 0 Å². The average molecular weight is 374 g/mol. The first-order valence-corrected chi connectivity index (χ1v) is 10.5. The average Bonchev–Trinajstić information content (AvgIpc) is 3.13. The summed E-state index contributed by atoms with van der Waals surface area (Å²) in [6, 6.07) is 11.9. The van der Waals surface area contributed by atoms with E-state index in [2.05, 4.69) is 83.5 Å². The van der Waals surface area contributed by atoms with Gasteiger partial charge in [-0.2, -0.15) is 0 Å². The van der Waals surface area contributed by atoms with E-state index in [0.717, 1.165) is 45.1 Å². The highest BCUT2D eigenvalue weighted by molar-refractivity contribution is 5.79. The lowest BCUT2D eigenvalue weighted by atomic mass is 10.1. The number of aliphatic imine (C=N–C) groups is 1. The highest BCUT2D eigenvalue weighted by atomic mass is 15.2. The lowest BCUT2D eigenvalue weighted by Crippen LogP contribution is -2.42. The van der Waals surface area contributed by atoms with Crippen molar-refractivity contribution in [1.82, 2.24) is 15.5 Å². The van der Waals surface area contributed by atoms with Crippen LogP contribution >= 0.6 is 0 Å². The van der Waals surface area contributed by atoms with Gasteiger partial charge in [0.15, 0.2) is 5.96 Å². The topological polar surface area (TPSA) is 42.9 Å². The molecule has 5 heteroatoms. The molecule has 27 heavy (non-hydrogen) atoms. The van der Waals surface area contributed by atoms with Crippen LogP contribution < -0.4 is 15.5 Å². The Morgan fingerprint density at radius 1 is 1.15 bits per heavy atom. The third kappa shape index (κ3) is 7.06. The van der Waals surface area contributed by atoms with Gasteiger partial charge in [0.05, 0.1) is 0 Å². The van der Waals surface area contributed by atoms with Crippen LogP contribution in [0, 0.1) is 5.92 Å². The first-order valence-electron chi connectivity index (χ1n) is 10.5. The normalized spacial score (nSPS) is 18.0. The number of rotatable bonds is 9. The van der Waals surface area contributed by atoms with E-state index in [0.29, 0.717) is 18.0 Å². The van der Waals surface area contributed by atoms with E-state index < -0.39 is 0 Å². The Morgan fingerprint density at radius 2 is 1.85 bits per heavy atom. The molecule has 0 bridgehead atoms. The molecule has 0 amide bonds. The molecule has 1 aromatic rings.